The Hall–Kier alpha value is -1.54. The molecule has 0 amide bonds. The Morgan fingerprint density at radius 1 is 1.15 bits per heavy atom. The third-order valence-electron chi connectivity index (χ3n) is 2.48. The highest BCUT2D eigenvalue weighted by atomic mass is 79.9. The van der Waals surface area contributed by atoms with E-state index >= 15 is 0 Å². The number of hydrogen-bond acceptors (Lipinski definition) is 3. The first-order valence-electron chi connectivity index (χ1n) is 5.38. The minimum Gasteiger partial charge on any atom is -0.276 e. The van der Waals surface area contributed by atoms with Crippen molar-refractivity contribution in [3.8, 4) is 0 Å². The molecule has 0 aliphatic rings. The lowest BCUT2D eigenvalue weighted by Crippen LogP contribution is -2.14. The lowest BCUT2D eigenvalue weighted by Gasteiger charge is -2.10. The topological polar surface area (TPSA) is 59.1 Å². The second-order valence-electron chi connectivity index (χ2n) is 4.03. The number of pyridine rings is 1. The molecule has 0 spiro atoms. The number of aryl methyl sites for hydroxylation is 1. The van der Waals surface area contributed by atoms with Gasteiger partial charge >= 0.3 is 0 Å². The molecule has 20 heavy (non-hydrogen) atoms. The molecule has 0 atom stereocenters. The summed E-state index contributed by atoms with van der Waals surface area (Å²) in [4.78, 5) is 3.55. The standard InChI is InChI=1S/C12H9BrF2N2O2S/c1-7-2-11(15)12(4-10(7)14)17-20(18,19)9-3-8(13)5-16-6-9/h2-6,17H,1H3. The van der Waals surface area contributed by atoms with Gasteiger partial charge in [-0.25, -0.2) is 17.2 Å². The summed E-state index contributed by atoms with van der Waals surface area (Å²) in [5.41, 5.74) is -0.359. The zero-order chi connectivity index (χ0) is 14.9. The van der Waals surface area contributed by atoms with Crippen molar-refractivity contribution in [1.29, 1.82) is 0 Å². The van der Waals surface area contributed by atoms with E-state index in [0.29, 0.717) is 4.47 Å². The van der Waals surface area contributed by atoms with E-state index in [1.807, 2.05) is 4.72 Å². The van der Waals surface area contributed by atoms with Crippen molar-refractivity contribution in [3.05, 3.63) is 52.3 Å². The van der Waals surface area contributed by atoms with Crippen LogP contribution in [0.4, 0.5) is 14.5 Å². The molecule has 1 N–H and O–H groups in total. The maximum atomic E-state index is 13.6. The number of benzene rings is 1. The van der Waals surface area contributed by atoms with Crippen molar-refractivity contribution in [2.45, 2.75) is 11.8 Å². The number of nitrogens with one attached hydrogen (secondary N) is 1. The third-order valence-corrected chi connectivity index (χ3v) is 4.25. The molecule has 4 nitrogen and oxygen atoms in total. The van der Waals surface area contributed by atoms with Crippen molar-refractivity contribution < 1.29 is 17.2 Å². The van der Waals surface area contributed by atoms with Gasteiger partial charge in [0.15, 0.2) is 0 Å². The summed E-state index contributed by atoms with van der Waals surface area (Å²) in [6.07, 6.45) is 2.51. The number of sulfonamides is 1. The molecule has 0 aliphatic heterocycles. The second-order valence-corrected chi connectivity index (χ2v) is 6.62. The number of anilines is 1. The van der Waals surface area contributed by atoms with Gasteiger partial charge in [-0.3, -0.25) is 9.71 Å². The maximum absolute atomic E-state index is 13.6. The van der Waals surface area contributed by atoms with E-state index in [1.54, 1.807) is 0 Å². The predicted molar refractivity (Wildman–Crippen MR) is 73.8 cm³/mol. The first kappa shape index (κ1) is 14.9. The van der Waals surface area contributed by atoms with Gasteiger partial charge < -0.3 is 0 Å². The van der Waals surface area contributed by atoms with E-state index in [0.717, 1.165) is 18.3 Å². The van der Waals surface area contributed by atoms with Crippen LogP contribution in [0.15, 0.2) is 40.0 Å². The van der Waals surface area contributed by atoms with E-state index in [1.165, 1.54) is 19.2 Å². The smallest absolute Gasteiger partial charge is 0.263 e. The van der Waals surface area contributed by atoms with Crippen molar-refractivity contribution in [2.75, 3.05) is 4.72 Å². The van der Waals surface area contributed by atoms with Crippen LogP contribution in [-0.4, -0.2) is 13.4 Å². The molecule has 2 aromatic rings. The van der Waals surface area contributed by atoms with Gasteiger partial charge in [-0.05, 0) is 40.5 Å². The van der Waals surface area contributed by atoms with Gasteiger partial charge in [0.1, 0.15) is 16.5 Å². The molecular formula is C12H9BrF2N2O2S. The van der Waals surface area contributed by atoms with E-state index in [4.69, 9.17) is 0 Å². The SMILES string of the molecule is Cc1cc(F)c(NS(=O)(=O)c2cncc(Br)c2)cc1F. The van der Waals surface area contributed by atoms with Crippen molar-refractivity contribution in [1.82, 2.24) is 4.98 Å². The van der Waals surface area contributed by atoms with Crippen molar-refractivity contribution in [3.63, 3.8) is 0 Å². The molecule has 8 heteroatoms. The summed E-state index contributed by atoms with van der Waals surface area (Å²) in [5.74, 6) is -1.55. The van der Waals surface area contributed by atoms with Gasteiger partial charge in [0, 0.05) is 22.9 Å². The molecule has 0 aliphatic carbocycles. The zero-order valence-corrected chi connectivity index (χ0v) is 12.6. The Balaban J connectivity index is 2.41. The molecular weight excluding hydrogens is 354 g/mol. The first-order valence-corrected chi connectivity index (χ1v) is 7.66. The molecule has 2 rings (SSSR count). The molecule has 1 aromatic carbocycles. The highest BCUT2D eigenvalue weighted by molar-refractivity contribution is 9.10. The summed E-state index contributed by atoms with van der Waals surface area (Å²) in [5, 5.41) is 0. The van der Waals surface area contributed by atoms with E-state index in [2.05, 4.69) is 20.9 Å². The van der Waals surface area contributed by atoms with Crippen molar-refractivity contribution in [2.24, 2.45) is 0 Å². The average molecular weight is 363 g/mol. The summed E-state index contributed by atoms with van der Waals surface area (Å²) < 4.78 is 53.5. The number of halogens is 3. The molecule has 0 unspecified atom stereocenters. The van der Waals surface area contributed by atoms with Gasteiger partial charge in [-0.15, -0.1) is 0 Å². The van der Waals surface area contributed by atoms with Gasteiger partial charge in [0.2, 0.25) is 0 Å². The molecule has 0 fully saturated rings. The quantitative estimate of drug-likeness (QED) is 0.911. The monoisotopic (exact) mass is 362 g/mol. The van der Waals surface area contributed by atoms with Crippen LogP contribution in [0.2, 0.25) is 0 Å². The van der Waals surface area contributed by atoms with Crippen LogP contribution in [0.25, 0.3) is 0 Å². The van der Waals surface area contributed by atoms with E-state index in [9.17, 15) is 17.2 Å². The molecule has 1 heterocycles. The maximum Gasteiger partial charge on any atom is 0.263 e. The fourth-order valence-electron chi connectivity index (χ4n) is 1.47. The van der Waals surface area contributed by atoms with Crippen LogP contribution in [0.3, 0.4) is 0 Å². The molecule has 0 saturated heterocycles. The van der Waals surface area contributed by atoms with Crippen LogP contribution in [0.5, 0.6) is 0 Å². The van der Waals surface area contributed by atoms with E-state index < -0.39 is 27.3 Å². The van der Waals surface area contributed by atoms with Crippen molar-refractivity contribution >= 4 is 31.6 Å². The summed E-state index contributed by atoms with van der Waals surface area (Å²) >= 11 is 3.09. The highest BCUT2D eigenvalue weighted by Gasteiger charge is 2.18. The Morgan fingerprint density at radius 3 is 2.50 bits per heavy atom. The first-order chi connectivity index (χ1) is 9.29. The Morgan fingerprint density at radius 2 is 1.85 bits per heavy atom. The fraction of sp³-hybridized carbons (Fsp3) is 0.0833. The minimum atomic E-state index is -4.04. The van der Waals surface area contributed by atoms with Crippen LogP contribution in [0.1, 0.15) is 5.56 Å². The predicted octanol–water partition coefficient (Wildman–Crippen LogP) is 3.23. The molecule has 0 bridgehead atoms. The summed E-state index contributed by atoms with van der Waals surface area (Å²) in [6, 6.07) is 3.03. The molecule has 106 valence electrons. The normalized spacial score (nSPS) is 11.4. The summed E-state index contributed by atoms with van der Waals surface area (Å²) in [7, 11) is -4.04. The highest BCUT2D eigenvalue weighted by Crippen LogP contribution is 2.23. The molecule has 1 aromatic heterocycles. The average Bonchev–Trinajstić information content (AvgIpc) is 2.36. The van der Waals surface area contributed by atoms with Gasteiger partial charge in [-0.1, -0.05) is 0 Å². The van der Waals surface area contributed by atoms with Gasteiger partial charge in [0.25, 0.3) is 10.0 Å². The number of hydrogen-bond donors (Lipinski definition) is 1. The van der Waals surface area contributed by atoms with Crippen LogP contribution in [0, 0.1) is 18.6 Å². The Labute approximate surface area is 123 Å². The van der Waals surface area contributed by atoms with Gasteiger partial charge in [0.05, 0.1) is 5.69 Å². The zero-order valence-electron chi connectivity index (χ0n) is 10.2. The Bertz CT molecular complexity index is 766. The second kappa shape index (κ2) is 5.45. The summed E-state index contributed by atoms with van der Waals surface area (Å²) in [6.45, 7) is 1.38. The third kappa shape index (κ3) is 3.13. The van der Waals surface area contributed by atoms with Gasteiger partial charge in [-0.2, -0.15) is 0 Å². The molecule has 0 saturated carbocycles. The number of rotatable bonds is 3. The van der Waals surface area contributed by atoms with Crippen LogP contribution >= 0.6 is 15.9 Å². The molecule has 0 radical (unpaired) electrons. The largest absolute Gasteiger partial charge is 0.276 e. The van der Waals surface area contributed by atoms with Crippen LogP contribution < -0.4 is 4.72 Å². The number of nitrogens with zero attached hydrogens (tertiary/aromatic N) is 1. The lowest BCUT2D eigenvalue weighted by atomic mass is 10.2. The van der Waals surface area contributed by atoms with E-state index in [-0.39, 0.29) is 10.5 Å². The fourth-order valence-corrected chi connectivity index (χ4v) is 3.03. The van der Waals surface area contributed by atoms with Crippen LogP contribution in [-0.2, 0) is 10.0 Å². The minimum absolute atomic E-state index is 0.0922. The lowest BCUT2D eigenvalue weighted by molar-refractivity contribution is 0.590. The Kier molecular flexibility index (Phi) is 4.05. The number of aromatic nitrogens is 1.